The number of carboxylic acid groups (broad SMARTS) is 1. The number of ether oxygens (including phenoxy) is 1. The molecule has 0 radical (unpaired) electrons. The molecule has 0 saturated heterocycles. The Balaban J connectivity index is 4.75. The number of rotatable bonds is 6. The van der Waals surface area contributed by atoms with Gasteiger partial charge in [-0.2, -0.15) is 0 Å². The van der Waals surface area contributed by atoms with E-state index >= 15 is 0 Å². The molecule has 0 rings (SSSR count). The molecule has 0 aliphatic rings. The highest BCUT2D eigenvalue weighted by atomic mass is 16.8. The third kappa shape index (κ3) is 7.06. The Labute approximate surface area is 110 Å². The number of hydrazine groups is 1. The van der Waals surface area contributed by atoms with E-state index in [1.165, 1.54) is 13.8 Å². The summed E-state index contributed by atoms with van der Waals surface area (Å²) in [5, 5.41) is 24.5. The Morgan fingerprint density at radius 1 is 1.47 bits per heavy atom. The number of carbonyl (C=O) groups excluding carboxylic acids is 1. The van der Waals surface area contributed by atoms with E-state index in [1.54, 1.807) is 20.8 Å². The second-order valence-electron chi connectivity index (χ2n) is 4.74. The molecule has 1 unspecified atom stereocenters. The van der Waals surface area contributed by atoms with Crippen molar-refractivity contribution in [2.24, 2.45) is 5.28 Å². The van der Waals surface area contributed by atoms with Gasteiger partial charge in [0.15, 0.2) is 6.54 Å². The van der Waals surface area contributed by atoms with E-state index in [1.807, 2.05) is 0 Å². The van der Waals surface area contributed by atoms with Gasteiger partial charge in [-0.3, -0.25) is 14.4 Å². The quantitative estimate of drug-likeness (QED) is 0.252. The van der Waals surface area contributed by atoms with Crippen LogP contribution in [0.15, 0.2) is 5.28 Å². The molecule has 110 valence electrons. The van der Waals surface area contributed by atoms with Crippen LogP contribution < -0.4 is 0 Å². The number of hydrogen-bond donors (Lipinski definition) is 1. The van der Waals surface area contributed by atoms with Gasteiger partial charge in [0.05, 0.1) is 10.5 Å². The minimum atomic E-state index is -1.18. The first-order chi connectivity index (χ1) is 8.54. The fourth-order valence-electron chi connectivity index (χ4n) is 1.09. The molecule has 9 heteroatoms. The lowest BCUT2D eigenvalue weighted by atomic mass is 10.1. The summed E-state index contributed by atoms with van der Waals surface area (Å²) in [6, 6.07) is 0. The predicted molar refractivity (Wildman–Crippen MR) is 62.5 cm³/mol. The number of carbonyl (C=O) groups is 2. The van der Waals surface area contributed by atoms with Crippen molar-refractivity contribution in [1.82, 2.24) is 5.01 Å². The van der Waals surface area contributed by atoms with E-state index in [9.17, 15) is 14.8 Å². The Hall–Kier alpha value is -2.06. The van der Waals surface area contributed by atoms with Gasteiger partial charge in [-0.1, -0.05) is 0 Å². The molecule has 0 fully saturated rings. The van der Waals surface area contributed by atoms with Gasteiger partial charge in [-0.15, -0.1) is 5.01 Å². The average Bonchev–Trinajstić information content (AvgIpc) is 2.19. The Morgan fingerprint density at radius 3 is 2.37 bits per heavy atom. The van der Waals surface area contributed by atoms with Crippen LogP contribution in [0.25, 0.3) is 0 Å². The lowest BCUT2D eigenvalue weighted by Crippen LogP contribution is -2.48. The van der Waals surface area contributed by atoms with E-state index < -0.39 is 30.3 Å². The molecular weight excluding hydrogens is 258 g/mol. The Morgan fingerprint density at radius 2 is 2.00 bits per heavy atom. The van der Waals surface area contributed by atoms with Gasteiger partial charge >= 0.3 is 11.9 Å². The third-order valence-corrected chi connectivity index (χ3v) is 1.86. The number of carboxylic acids is 1. The summed E-state index contributed by atoms with van der Waals surface area (Å²) < 4.78 is 4.59. The van der Waals surface area contributed by atoms with E-state index in [4.69, 9.17) is 5.11 Å². The zero-order valence-corrected chi connectivity index (χ0v) is 11.6. The van der Waals surface area contributed by atoms with Gasteiger partial charge in [0.2, 0.25) is 5.28 Å². The number of aliphatic carboxylic acids is 1. The summed E-state index contributed by atoms with van der Waals surface area (Å²) >= 11 is 0. The second-order valence-corrected chi connectivity index (χ2v) is 4.74. The molecule has 9 nitrogen and oxygen atoms in total. The maximum absolute atomic E-state index is 11.7. The van der Waals surface area contributed by atoms with Crippen molar-refractivity contribution in [1.29, 1.82) is 0 Å². The SMILES string of the molecule is CC(=O)OC(C)O/N=[N+](\[O-])N(CC(=O)O)C(C)(C)C. The summed E-state index contributed by atoms with van der Waals surface area (Å²) in [6.07, 6.45) is -1.04. The molecule has 0 heterocycles. The molecule has 0 spiro atoms. The highest BCUT2D eigenvalue weighted by Crippen LogP contribution is 2.13. The Bertz CT molecular complexity index is 363. The molecule has 1 N–H and O–H groups in total. The van der Waals surface area contributed by atoms with Crippen molar-refractivity contribution >= 4 is 11.9 Å². The van der Waals surface area contributed by atoms with Gasteiger partial charge < -0.3 is 15.1 Å². The van der Waals surface area contributed by atoms with Gasteiger partial charge in [0.25, 0.3) is 6.29 Å². The molecule has 0 aliphatic carbocycles. The molecule has 0 aromatic rings. The maximum atomic E-state index is 11.7. The van der Waals surface area contributed by atoms with Crippen LogP contribution in [0.4, 0.5) is 0 Å². The van der Waals surface area contributed by atoms with Crippen LogP contribution in [-0.4, -0.2) is 45.4 Å². The van der Waals surface area contributed by atoms with Crippen LogP contribution in [-0.2, 0) is 19.2 Å². The third-order valence-electron chi connectivity index (χ3n) is 1.86. The topological polar surface area (TPSA) is 114 Å². The Kier molecular flexibility index (Phi) is 6.03. The number of nitrogens with zero attached hydrogens (tertiary/aromatic N) is 3. The molecule has 0 amide bonds. The first-order valence-electron chi connectivity index (χ1n) is 5.54. The van der Waals surface area contributed by atoms with Gasteiger partial charge in [0.1, 0.15) is 0 Å². The minimum absolute atomic E-state index is 0.0219. The summed E-state index contributed by atoms with van der Waals surface area (Å²) in [4.78, 5) is 26.0. The normalized spacial score (nSPS) is 13.6. The van der Waals surface area contributed by atoms with Gasteiger partial charge in [-0.25, -0.2) is 0 Å². The largest absolute Gasteiger partial charge is 0.569 e. The van der Waals surface area contributed by atoms with Crippen LogP contribution in [0.3, 0.4) is 0 Å². The zero-order valence-electron chi connectivity index (χ0n) is 11.6. The van der Waals surface area contributed by atoms with Crippen LogP contribution in [0.2, 0.25) is 0 Å². The first-order valence-corrected chi connectivity index (χ1v) is 5.54. The van der Waals surface area contributed by atoms with Crippen LogP contribution in [0.5, 0.6) is 0 Å². The summed E-state index contributed by atoms with van der Waals surface area (Å²) in [7, 11) is 0. The fourth-order valence-corrected chi connectivity index (χ4v) is 1.09. The minimum Gasteiger partial charge on any atom is -0.569 e. The van der Waals surface area contributed by atoms with E-state index in [0.717, 1.165) is 5.01 Å². The predicted octanol–water partition coefficient (Wildman–Crippen LogP) is 0.890. The van der Waals surface area contributed by atoms with E-state index in [0.29, 0.717) is 0 Å². The number of hydrogen-bond acceptors (Lipinski definition) is 6. The molecule has 19 heavy (non-hydrogen) atoms. The summed E-state index contributed by atoms with van der Waals surface area (Å²) in [5.74, 6) is -1.77. The average molecular weight is 277 g/mol. The van der Waals surface area contributed by atoms with Crippen molar-refractivity contribution in [3.05, 3.63) is 5.21 Å². The molecular formula is C10H19N3O6. The van der Waals surface area contributed by atoms with Crippen LogP contribution >= 0.6 is 0 Å². The van der Waals surface area contributed by atoms with Crippen molar-refractivity contribution in [2.75, 3.05) is 6.54 Å². The summed E-state index contributed by atoms with van der Waals surface area (Å²) in [6.45, 7) is 6.95. The van der Waals surface area contributed by atoms with Crippen molar-refractivity contribution in [3.8, 4) is 0 Å². The molecule has 0 aromatic carbocycles. The smallest absolute Gasteiger partial charge is 0.329 e. The number of esters is 1. The van der Waals surface area contributed by atoms with Crippen molar-refractivity contribution in [2.45, 2.75) is 46.4 Å². The highest BCUT2D eigenvalue weighted by molar-refractivity contribution is 5.68. The molecule has 0 aliphatic heterocycles. The standard InChI is InChI=1S/C10H19N3O6/c1-7(14)18-8(2)19-11-13(17)12(6-9(15)16)10(3,4)5/h8H,6H2,1-5H3,(H,15,16)/b13-11-. The fraction of sp³-hybridized carbons (Fsp3) is 0.800. The lowest BCUT2D eigenvalue weighted by molar-refractivity contribution is -0.725. The maximum Gasteiger partial charge on any atom is 0.329 e. The summed E-state index contributed by atoms with van der Waals surface area (Å²) in [5.41, 5.74) is -0.766. The van der Waals surface area contributed by atoms with E-state index in [-0.39, 0.29) is 4.97 Å². The molecule has 0 aromatic heterocycles. The van der Waals surface area contributed by atoms with Crippen molar-refractivity contribution < 1.29 is 29.2 Å². The van der Waals surface area contributed by atoms with Gasteiger partial charge in [0, 0.05) is 13.8 Å². The van der Waals surface area contributed by atoms with Gasteiger partial charge in [-0.05, 0) is 20.8 Å². The molecule has 0 bridgehead atoms. The molecule has 0 saturated carbocycles. The monoisotopic (exact) mass is 277 g/mol. The lowest BCUT2D eigenvalue weighted by Gasteiger charge is -2.28. The zero-order chi connectivity index (χ0) is 15.2. The highest BCUT2D eigenvalue weighted by Gasteiger charge is 2.31. The van der Waals surface area contributed by atoms with E-state index in [2.05, 4.69) is 14.9 Å². The first kappa shape index (κ1) is 16.9. The van der Waals surface area contributed by atoms with Crippen molar-refractivity contribution in [3.63, 3.8) is 0 Å². The van der Waals surface area contributed by atoms with Crippen LogP contribution in [0.1, 0.15) is 34.6 Å². The second kappa shape index (κ2) is 6.76. The molecule has 1 atom stereocenters. The van der Waals surface area contributed by atoms with Crippen LogP contribution in [0, 0.1) is 5.21 Å².